The first-order valence-electron chi connectivity index (χ1n) is 6.64. The van der Waals surface area contributed by atoms with E-state index in [9.17, 15) is 0 Å². The Kier molecular flexibility index (Phi) is 3.13. The molecule has 6 nitrogen and oxygen atoms in total. The number of nitrogen functional groups attached to an aromatic ring is 1. The Morgan fingerprint density at radius 3 is 2.76 bits per heavy atom. The summed E-state index contributed by atoms with van der Waals surface area (Å²) in [6.07, 6.45) is 3.58. The van der Waals surface area contributed by atoms with Crippen molar-refractivity contribution in [1.29, 1.82) is 0 Å². The molecule has 6 heteroatoms. The molecule has 0 aromatic carbocycles. The van der Waals surface area contributed by atoms with Gasteiger partial charge in [0, 0.05) is 29.1 Å². The van der Waals surface area contributed by atoms with Gasteiger partial charge >= 0.3 is 0 Å². The summed E-state index contributed by atoms with van der Waals surface area (Å²) in [5.74, 6) is 0.253. The zero-order valence-electron chi connectivity index (χ0n) is 12.2. The van der Waals surface area contributed by atoms with Gasteiger partial charge in [0.25, 0.3) is 0 Å². The van der Waals surface area contributed by atoms with Crippen LogP contribution in [-0.4, -0.2) is 25.6 Å². The maximum absolute atomic E-state index is 5.59. The summed E-state index contributed by atoms with van der Waals surface area (Å²) in [6, 6.07) is 3.93. The highest BCUT2D eigenvalue weighted by Crippen LogP contribution is 2.28. The molecule has 0 aliphatic heterocycles. The van der Waals surface area contributed by atoms with Crippen LogP contribution in [0.4, 0.5) is 11.6 Å². The Balaban J connectivity index is 2.11. The monoisotopic (exact) mass is 280 g/mol. The van der Waals surface area contributed by atoms with E-state index in [2.05, 4.69) is 24.9 Å². The topological polar surface area (TPSA) is 92.8 Å². The molecule has 0 aliphatic rings. The van der Waals surface area contributed by atoms with Crippen molar-refractivity contribution < 1.29 is 0 Å². The zero-order valence-corrected chi connectivity index (χ0v) is 12.2. The molecule has 0 saturated carbocycles. The lowest BCUT2D eigenvalue weighted by molar-refractivity contribution is 1.19. The maximum atomic E-state index is 5.59. The molecule has 0 atom stereocenters. The summed E-state index contributed by atoms with van der Waals surface area (Å²) in [4.78, 5) is 20.4. The lowest BCUT2D eigenvalue weighted by Crippen LogP contribution is -1.93. The van der Waals surface area contributed by atoms with E-state index in [0.29, 0.717) is 5.65 Å². The Labute approximate surface area is 122 Å². The predicted octanol–water partition coefficient (Wildman–Crippen LogP) is 3.02. The van der Waals surface area contributed by atoms with Crippen molar-refractivity contribution >= 4 is 28.4 Å². The molecule has 0 fully saturated rings. The highest BCUT2D eigenvalue weighted by molar-refractivity contribution is 5.92. The van der Waals surface area contributed by atoms with Gasteiger partial charge in [0.1, 0.15) is 5.65 Å². The van der Waals surface area contributed by atoms with Gasteiger partial charge in [-0.15, -0.1) is 0 Å². The van der Waals surface area contributed by atoms with Crippen LogP contribution in [0, 0.1) is 6.92 Å². The van der Waals surface area contributed by atoms with Gasteiger partial charge in [0.2, 0.25) is 5.95 Å². The molecule has 0 amide bonds. The van der Waals surface area contributed by atoms with Crippen LogP contribution in [0.25, 0.3) is 22.3 Å². The van der Waals surface area contributed by atoms with Crippen molar-refractivity contribution in [3.05, 3.63) is 30.2 Å². The van der Waals surface area contributed by atoms with E-state index in [0.717, 1.165) is 33.7 Å². The average molecular weight is 280 g/mol. The first-order chi connectivity index (χ1) is 10.0. The molecular formula is C15H16N6. The number of nitrogens with two attached hydrogens (primary N) is 1. The van der Waals surface area contributed by atoms with Crippen molar-refractivity contribution in [1.82, 2.24) is 19.9 Å². The number of H-pyrrole nitrogens is 1. The van der Waals surface area contributed by atoms with E-state index in [1.54, 1.807) is 6.20 Å². The lowest BCUT2D eigenvalue weighted by atomic mass is 10.1. The summed E-state index contributed by atoms with van der Waals surface area (Å²) < 4.78 is 0. The number of fused-ring (bicyclic) bond motifs is 1. The van der Waals surface area contributed by atoms with E-state index < -0.39 is 0 Å². The molecular weight excluding hydrogens is 264 g/mol. The number of aliphatic imine (C=N–C) groups is 1. The minimum Gasteiger partial charge on any atom is -0.368 e. The quantitative estimate of drug-likeness (QED) is 0.706. The number of anilines is 1. The highest BCUT2D eigenvalue weighted by atomic mass is 15.0. The van der Waals surface area contributed by atoms with Crippen molar-refractivity contribution in [2.75, 3.05) is 5.73 Å². The van der Waals surface area contributed by atoms with Crippen molar-refractivity contribution in [3.8, 4) is 11.3 Å². The van der Waals surface area contributed by atoms with E-state index in [4.69, 9.17) is 5.73 Å². The Morgan fingerprint density at radius 2 is 2.05 bits per heavy atom. The average Bonchev–Trinajstić information content (AvgIpc) is 2.83. The largest absolute Gasteiger partial charge is 0.368 e. The number of nitrogens with zero attached hydrogens (tertiary/aromatic N) is 4. The molecule has 3 heterocycles. The predicted molar refractivity (Wildman–Crippen MR) is 84.7 cm³/mol. The van der Waals surface area contributed by atoms with Gasteiger partial charge < -0.3 is 10.7 Å². The number of pyridine rings is 1. The second-order valence-electron chi connectivity index (χ2n) is 5.05. The highest BCUT2D eigenvalue weighted by Gasteiger charge is 2.10. The maximum Gasteiger partial charge on any atom is 0.221 e. The van der Waals surface area contributed by atoms with E-state index in [1.165, 1.54) is 0 Å². The number of aryl methyl sites for hydroxylation is 1. The lowest BCUT2D eigenvalue weighted by Gasteiger charge is -2.04. The van der Waals surface area contributed by atoms with Crippen LogP contribution in [0.3, 0.4) is 0 Å². The molecule has 0 aliphatic carbocycles. The first kappa shape index (κ1) is 13.2. The zero-order chi connectivity index (χ0) is 15.0. The van der Waals surface area contributed by atoms with Crippen molar-refractivity contribution in [2.24, 2.45) is 4.99 Å². The summed E-state index contributed by atoms with van der Waals surface area (Å²) in [5.41, 5.74) is 10.9. The molecule has 0 spiro atoms. The van der Waals surface area contributed by atoms with Gasteiger partial charge in [-0.3, -0.25) is 9.98 Å². The molecule has 21 heavy (non-hydrogen) atoms. The Bertz CT molecular complexity index is 842. The van der Waals surface area contributed by atoms with E-state index in [1.807, 2.05) is 39.1 Å². The van der Waals surface area contributed by atoms with Gasteiger partial charge in [0.15, 0.2) is 0 Å². The van der Waals surface area contributed by atoms with Crippen LogP contribution in [-0.2, 0) is 0 Å². The fourth-order valence-electron chi connectivity index (χ4n) is 2.20. The fraction of sp³-hybridized carbons (Fsp3) is 0.200. The second-order valence-corrected chi connectivity index (χ2v) is 5.05. The van der Waals surface area contributed by atoms with Crippen molar-refractivity contribution in [3.63, 3.8) is 0 Å². The molecule has 3 N–H and O–H groups in total. The van der Waals surface area contributed by atoms with Crippen LogP contribution in [0.1, 0.15) is 19.5 Å². The van der Waals surface area contributed by atoms with Gasteiger partial charge in [-0.2, -0.15) is 4.98 Å². The van der Waals surface area contributed by atoms with E-state index >= 15 is 0 Å². The molecule has 3 aromatic heterocycles. The minimum atomic E-state index is 0.253. The normalized spacial score (nSPS) is 10.8. The van der Waals surface area contributed by atoms with Crippen LogP contribution in [0.2, 0.25) is 0 Å². The van der Waals surface area contributed by atoms with Crippen LogP contribution >= 0.6 is 0 Å². The molecule has 0 unspecified atom stereocenters. The van der Waals surface area contributed by atoms with Crippen LogP contribution < -0.4 is 5.73 Å². The summed E-state index contributed by atoms with van der Waals surface area (Å²) in [7, 11) is 0. The first-order valence-corrected chi connectivity index (χ1v) is 6.64. The third-order valence-corrected chi connectivity index (χ3v) is 3.13. The minimum absolute atomic E-state index is 0.253. The van der Waals surface area contributed by atoms with Gasteiger partial charge in [0.05, 0.1) is 17.1 Å². The van der Waals surface area contributed by atoms with Crippen LogP contribution in [0.5, 0.6) is 0 Å². The van der Waals surface area contributed by atoms with Gasteiger partial charge in [-0.05, 0) is 32.9 Å². The summed E-state index contributed by atoms with van der Waals surface area (Å²) in [5, 5.41) is 0.902. The Hall–Kier alpha value is -2.76. The van der Waals surface area contributed by atoms with E-state index in [-0.39, 0.29) is 5.95 Å². The third kappa shape index (κ3) is 2.47. The SMILES string of the molecule is CC(C)=Nc1ccc(-c2c[nH]c3nc(N)ncc23)nc1C. The van der Waals surface area contributed by atoms with Crippen LogP contribution in [0.15, 0.2) is 29.5 Å². The molecule has 3 rings (SSSR count). The number of hydrogen-bond donors (Lipinski definition) is 2. The molecule has 0 radical (unpaired) electrons. The second kappa shape index (κ2) is 4.97. The van der Waals surface area contributed by atoms with Gasteiger partial charge in [-0.1, -0.05) is 0 Å². The smallest absolute Gasteiger partial charge is 0.221 e. The summed E-state index contributed by atoms with van der Waals surface area (Å²) >= 11 is 0. The molecule has 0 bridgehead atoms. The Morgan fingerprint density at radius 1 is 1.24 bits per heavy atom. The fourth-order valence-corrected chi connectivity index (χ4v) is 2.20. The number of nitrogens with one attached hydrogen (secondary N) is 1. The number of rotatable bonds is 2. The summed E-state index contributed by atoms with van der Waals surface area (Å²) in [6.45, 7) is 5.89. The van der Waals surface area contributed by atoms with Gasteiger partial charge in [-0.25, -0.2) is 4.98 Å². The molecule has 0 saturated heterocycles. The van der Waals surface area contributed by atoms with Crippen molar-refractivity contribution in [2.45, 2.75) is 20.8 Å². The molecule has 3 aromatic rings. The number of aromatic nitrogens is 4. The third-order valence-electron chi connectivity index (χ3n) is 3.13. The molecule has 106 valence electrons. The number of aromatic amines is 1. The number of hydrogen-bond acceptors (Lipinski definition) is 5. The standard InChI is InChI=1S/C15H16N6/c1-8(2)19-12-4-5-13(20-9(12)3)10-6-17-14-11(10)7-18-15(16)21-14/h4-7H,1-3H3,(H3,16,17,18,21).